The average Bonchev–Trinajstić information content (AvgIpc) is 2.73. The molecule has 0 saturated carbocycles. The van der Waals surface area contributed by atoms with Gasteiger partial charge in [-0.2, -0.15) is 5.10 Å². The molecule has 19 heavy (non-hydrogen) atoms. The Bertz CT molecular complexity index is 727. The highest BCUT2D eigenvalue weighted by Crippen LogP contribution is 2.30. The number of anilines is 2. The lowest BCUT2D eigenvalue weighted by Gasteiger charge is -2.10. The Morgan fingerprint density at radius 1 is 1.32 bits per heavy atom. The van der Waals surface area contributed by atoms with E-state index in [1.54, 1.807) is 13.0 Å². The highest BCUT2D eigenvalue weighted by atomic mass is 35.5. The van der Waals surface area contributed by atoms with E-state index in [0.29, 0.717) is 5.02 Å². The summed E-state index contributed by atoms with van der Waals surface area (Å²) in [5.41, 5.74) is 6.40. The van der Waals surface area contributed by atoms with Gasteiger partial charge in [0, 0.05) is 5.02 Å². The van der Waals surface area contributed by atoms with Crippen LogP contribution in [0.1, 0.15) is 5.56 Å². The van der Waals surface area contributed by atoms with Crippen LogP contribution in [0.3, 0.4) is 0 Å². The van der Waals surface area contributed by atoms with E-state index in [1.165, 1.54) is 6.07 Å². The second-order valence-electron chi connectivity index (χ2n) is 3.83. The first-order valence-electron chi connectivity index (χ1n) is 5.08. The largest absolute Gasteiger partial charge is 0.383 e. The van der Waals surface area contributed by atoms with Crippen molar-refractivity contribution < 1.29 is 8.42 Å². The molecule has 9 heteroatoms. The van der Waals surface area contributed by atoms with Crippen LogP contribution in [0, 0.1) is 6.92 Å². The summed E-state index contributed by atoms with van der Waals surface area (Å²) in [5.74, 6) is -0.0539. The molecule has 0 saturated heterocycles. The van der Waals surface area contributed by atoms with E-state index in [0.717, 1.165) is 11.8 Å². The zero-order valence-corrected chi connectivity index (χ0v) is 12.1. The first-order valence-corrected chi connectivity index (χ1v) is 7.32. The molecule has 0 amide bonds. The first-order chi connectivity index (χ1) is 8.81. The van der Waals surface area contributed by atoms with Crippen LogP contribution in [0.5, 0.6) is 0 Å². The van der Waals surface area contributed by atoms with Gasteiger partial charge in [0.15, 0.2) is 0 Å². The Hall–Kier alpha value is -1.44. The lowest BCUT2D eigenvalue weighted by molar-refractivity contribution is 0.601. The molecule has 0 aliphatic heterocycles. The number of nitrogens with two attached hydrogens (primary N) is 1. The summed E-state index contributed by atoms with van der Waals surface area (Å²) in [7, 11) is -3.86. The highest BCUT2D eigenvalue weighted by molar-refractivity contribution is 7.92. The SMILES string of the molecule is Cc1cc(Cl)c(NS(=O)(=O)c2cn[nH]c2N)cc1Cl. The summed E-state index contributed by atoms with van der Waals surface area (Å²) in [6.45, 7) is 1.76. The standard InChI is InChI=1S/C10H10Cl2N4O2S/c1-5-2-7(12)8(3-6(5)11)16-19(17,18)9-4-14-15-10(9)13/h2-4,16H,1H3,(H3,13,14,15). The minimum absolute atomic E-state index is 0.0539. The number of hydrogen-bond donors (Lipinski definition) is 3. The molecule has 0 bridgehead atoms. The topological polar surface area (TPSA) is 101 Å². The number of rotatable bonds is 3. The van der Waals surface area contributed by atoms with Gasteiger partial charge in [-0.3, -0.25) is 9.82 Å². The average molecular weight is 321 g/mol. The quantitative estimate of drug-likeness (QED) is 0.808. The predicted octanol–water partition coefficient (Wildman–Crippen LogP) is 2.41. The van der Waals surface area contributed by atoms with Gasteiger partial charge >= 0.3 is 0 Å². The zero-order valence-electron chi connectivity index (χ0n) is 9.74. The fourth-order valence-corrected chi connectivity index (χ4v) is 3.00. The molecule has 0 unspecified atom stereocenters. The maximum absolute atomic E-state index is 12.1. The van der Waals surface area contributed by atoms with Crippen LogP contribution in [-0.4, -0.2) is 18.6 Å². The maximum Gasteiger partial charge on any atom is 0.267 e. The van der Waals surface area contributed by atoms with Gasteiger partial charge in [0.2, 0.25) is 0 Å². The molecule has 0 aliphatic rings. The number of sulfonamides is 1. The maximum atomic E-state index is 12.1. The smallest absolute Gasteiger partial charge is 0.267 e. The van der Waals surface area contributed by atoms with Crippen LogP contribution >= 0.6 is 23.2 Å². The van der Waals surface area contributed by atoms with Crippen LogP contribution in [0.2, 0.25) is 10.0 Å². The van der Waals surface area contributed by atoms with Crippen molar-refractivity contribution in [2.45, 2.75) is 11.8 Å². The fourth-order valence-electron chi connectivity index (χ4n) is 1.42. The minimum atomic E-state index is -3.86. The highest BCUT2D eigenvalue weighted by Gasteiger charge is 2.20. The zero-order chi connectivity index (χ0) is 14.2. The van der Waals surface area contributed by atoms with Crippen LogP contribution in [0.15, 0.2) is 23.2 Å². The normalized spacial score (nSPS) is 11.5. The Kier molecular flexibility index (Phi) is 3.62. The van der Waals surface area contributed by atoms with Crippen LogP contribution in [0.25, 0.3) is 0 Å². The molecule has 0 fully saturated rings. The molecule has 0 radical (unpaired) electrons. The van der Waals surface area contributed by atoms with Gasteiger partial charge < -0.3 is 5.73 Å². The third-order valence-electron chi connectivity index (χ3n) is 2.41. The number of nitrogens with one attached hydrogen (secondary N) is 2. The van der Waals surface area contributed by atoms with Crippen molar-refractivity contribution in [3.63, 3.8) is 0 Å². The van der Waals surface area contributed by atoms with E-state index in [4.69, 9.17) is 28.9 Å². The second kappa shape index (κ2) is 4.92. The van der Waals surface area contributed by atoms with Gasteiger partial charge in [0.05, 0.1) is 16.9 Å². The van der Waals surface area contributed by atoms with Crippen molar-refractivity contribution in [2.75, 3.05) is 10.5 Å². The van der Waals surface area contributed by atoms with Crippen molar-refractivity contribution in [1.29, 1.82) is 0 Å². The molecule has 2 aromatic rings. The number of aryl methyl sites for hydroxylation is 1. The van der Waals surface area contributed by atoms with Gasteiger partial charge in [-0.15, -0.1) is 0 Å². The van der Waals surface area contributed by atoms with Crippen molar-refractivity contribution in [3.8, 4) is 0 Å². The lowest BCUT2D eigenvalue weighted by Crippen LogP contribution is -2.14. The molecule has 1 heterocycles. The summed E-state index contributed by atoms with van der Waals surface area (Å²) in [5, 5.41) is 6.55. The molecular weight excluding hydrogens is 311 g/mol. The number of hydrogen-bond acceptors (Lipinski definition) is 4. The predicted molar refractivity (Wildman–Crippen MR) is 75.0 cm³/mol. The van der Waals surface area contributed by atoms with E-state index in [2.05, 4.69) is 14.9 Å². The Balaban J connectivity index is 2.42. The molecule has 6 nitrogen and oxygen atoms in total. The summed E-state index contributed by atoms with van der Waals surface area (Å²) >= 11 is 11.9. The monoisotopic (exact) mass is 320 g/mol. The Morgan fingerprint density at radius 3 is 2.58 bits per heavy atom. The van der Waals surface area contributed by atoms with E-state index in [1.807, 2.05) is 0 Å². The molecule has 0 aliphatic carbocycles. The van der Waals surface area contributed by atoms with Gasteiger partial charge in [0.25, 0.3) is 10.0 Å². The van der Waals surface area contributed by atoms with Crippen molar-refractivity contribution in [2.24, 2.45) is 0 Å². The second-order valence-corrected chi connectivity index (χ2v) is 6.30. The molecule has 1 aromatic heterocycles. The fraction of sp³-hybridized carbons (Fsp3) is 0.100. The van der Waals surface area contributed by atoms with Crippen molar-refractivity contribution in [1.82, 2.24) is 10.2 Å². The van der Waals surface area contributed by atoms with Crippen LogP contribution in [0.4, 0.5) is 11.5 Å². The van der Waals surface area contributed by atoms with E-state index >= 15 is 0 Å². The van der Waals surface area contributed by atoms with Gasteiger partial charge in [-0.1, -0.05) is 23.2 Å². The number of H-pyrrole nitrogens is 1. The number of aromatic nitrogens is 2. The number of nitrogen functional groups attached to an aromatic ring is 1. The molecule has 102 valence electrons. The van der Waals surface area contributed by atoms with Crippen LogP contribution < -0.4 is 10.5 Å². The van der Waals surface area contributed by atoms with E-state index < -0.39 is 10.0 Å². The Labute approximate surface area is 120 Å². The third-order valence-corrected chi connectivity index (χ3v) is 4.53. The molecule has 4 N–H and O–H groups in total. The lowest BCUT2D eigenvalue weighted by atomic mass is 10.2. The van der Waals surface area contributed by atoms with Gasteiger partial charge in [-0.25, -0.2) is 8.42 Å². The molecule has 0 spiro atoms. The molecule has 2 rings (SSSR count). The van der Waals surface area contributed by atoms with Crippen LogP contribution in [-0.2, 0) is 10.0 Å². The molecule has 1 aromatic carbocycles. The number of aromatic amines is 1. The third kappa shape index (κ3) is 2.78. The van der Waals surface area contributed by atoms with Crippen molar-refractivity contribution in [3.05, 3.63) is 33.9 Å². The number of nitrogens with zero attached hydrogens (tertiary/aromatic N) is 1. The van der Waals surface area contributed by atoms with Gasteiger partial charge in [-0.05, 0) is 24.6 Å². The Morgan fingerprint density at radius 2 is 2.00 bits per heavy atom. The minimum Gasteiger partial charge on any atom is -0.383 e. The summed E-state index contributed by atoms with van der Waals surface area (Å²) in [6.07, 6.45) is 1.11. The van der Waals surface area contributed by atoms with Crippen molar-refractivity contribution >= 4 is 44.7 Å². The summed E-state index contributed by atoms with van der Waals surface area (Å²) < 4.78 is 26.5. The number of halogens is 2. The molecule has 0 atom stereocenters. The van der Waals surface area contributed by atoms with E-state index in [9.17, 15) is 8.42 Å². The van der Waals surface area contributed by atoms with E-state index in [-0.39, 0.29) is 21.4 Å². The first kappa shape index (κ1) is 14.0. The summed E-state index contributed by atoms with van der Waals surface area (Å²) in [4.78, 5) is -0.153. The number of benzene rings is 1. The van der Waals surface area contributed by atoms with Gasteiger partial charge in [0.1, 0.15) is 10.7 Å². The summed E-state index contributed by atoms with van der Waals surface area (Å²) in [6, 6.07) is 3.01. The molecular formula is C10H10Cl2N4O2S.